The van der Waals surface area contributed by atoms with Gasteiger partial charge in [-0.05, 0) is 38.5 Å². The third-order valence-corrected chi connectivity index (χ3v) is 6.55. The summed E-state index contributed by atoms with van der Waals surface area (Å²) < 4.78 is 5.49. The van der Waals surface area contributed by atoms with E-state index in [1.54, 1.807) is 11.1 Å². The van der Waals surface area contributed by atoms with Crippen molar-refractivity contribution in [1.29, 1.82) is 0 Å². The van der Waals surface area contributed by atoms with E-state index in [0.29, 0.717) is 23.9 Å². The van der Waals surface area contributed by atoms with Crippen LogP contribution in [0.3, 0.4) is 0 Å². The molecule has 0 bridgehead atoms. The van der Waals surface area contributed by atoms with E-state index >= 15 is 0 Å². The van der Waals surface area contributed by atoms with Crippen molar-refractivity contribution in [2.75, 3.05) is 52.5 Å². The zero-order valence-corrected chi connectivity index (χ0v) is 17.6. The van der Waals surface area contributed by atoms with Crippen molar-refractivity contribution in [1.82, 2.24) is 20.1 Å². The first kappa shape index (κ1) is 21.8. The number of hydroxylamine groups is 1. The lowest BCUT2D eigenvalue weighted by molar-refractivity contribution is 0.0403. The third-order valence-electron chi connectivity index (χ3n) is 6.55. The van der Waals surface area contributed by atoms with Gasteiger partial charge in [0, 0.05) is 51.4 Å². The highest BCUT2D eigenvalue weighted by Gasteiger charge is 2.33. The van der Waals surface area contributed by atoms with Crippen molar-refractivity contribution in [2.24, 2.45) is 11.8 Å². The smallest absolute Gasteiger partial charge is 0.331 e. The molecule has 2 heterocycles. The van der Waals surface area contributed by atoms with Gasteiger partial charge >= 0.3 is 7.41 Å². The van der Waals surface area contributed by atoms with E-state index in [2.05, 4.69) is 36.6 Å². The van der Waals surface area contributed by atoms with Crippen LogP contribution in [-0.2, 0) is 4.74 Å². The third kappa shape index (κ3) is 5.80. The minimum Gasteiger partial charge on any atom is -0.379 e. The van der Waals surface area contributed by atoms with Crippen molar-refractivity contribution in [2.45, 2.75) is 45.7 Å². The lowest BCUT2D eigenvalue weighted by Crippen LogP contribution is -2.59. The topological polar surface area (TPSA) is 68.3 Å². The summed E-state index contributed by atoms with van der Waals surface area (Å²) in [6, 6.07) is 0.754. The first-order valence-electron chi connectivity index (χ1n) is 10.8. The monoisotopic (exact) mass is 391 g/mol. The van der Waals surface area contributed by atoms with Gasteiger partial charge < -0.3 is 9.55 Å². The number of piperazine rings is 1. The Hall–Kier alpha value is -0.925. The molecule has 157 valence electrons. The summed E-state index contributed by atoms with van der Waals surface area (Å²) in [7, 11) is 1.48. The highest BCUT2D eigenvalue weighted by Crippen LogP contribution is 2.31. The highest BCUT2D eigenvalue weighted by molar-refractivity contribution is 6.71. The van der Waals surface area contributed by atoms with Crippen molar-refractivity contribution in [3.63, 3.8) is 0 Å². The standard InChI is InChI=1S/C20H36BN4O3/c1-15-4-5-18(10-19(15)14-23-6-8-28-9-7-23)13-25-16(2)11-24(12-17(25)3)21-20(26)22-27/h10,15-18,27H,4-9,11-14H2,1-3H3,(H,22,26)/t15?,16-,17+,18?. The van der Waals surface area contributed by atoms with Gasteiger partial charge in [0.1, 0.15) is 0 Å². The molecule has 28 heavy (non-hydrogen) atoms. The summed E-state index contributed by atoms with van der Waals surface area (Å²) in [5.74, 6) is 0.829. The summed E-state index contributed by atoms with van der Waals surface area (Å²) in [6.45, 7) is 14.4. The quantitative estimate of drug-likeness (QED) is 0.309. The number of ether oxygens (including phenoxy) is 1. The zero-order chi connectivity index (χ0) is 20.1. The Morgan fingerprint density at radius 3 is 2.54 bits per heavy atom. The molecule has 1 radical (unpaired) electrons. The molecule has 0 aromatic carbocycles. The maximum atomic E-state index is 11.4. The molecule has 0 aromatic heterocycles. The Kier molecular flexibility index (Phi) is 7.94. The molecule has 0 saturated carbocycles. The predicted octanol–water partition coefficient (Wildman–Crippen LogP) is 1.40. The minimum atomic E-state index is -0.454. The van der Waals surface area contributed by atoms with E-state index in [-0.39, 0.29) is 0 Å². The van der Waals surface area contributed by atoms with Gasteiger partial charge in [0.15, 0.2) is 0 Å². The highest BCUT2D eigenvalue weighted by atomic mass is 16.5. The second kappa shape index (κ2) is 10.2. The van der Waals surface area contributed by atoms with Crippen LogP contribution in [0.25, 0.3) is 0 Å². The summed E-state index contributed by atoms with van der Waals surface area (Å²) in [4.78, 5) is 18.6. The fourth-order valence-corrected chi connectivity index (χ4v) is 4.90. The van der Waals surface area contributed by atoms with E-state index in [0.717, 1.165) is 52.5 Å². The molecule has 2 aliphatic heterocycles. The fraction of sp³-hybridized carbons (Fsp3) is 0.850. The summed E-state index contributed by atoms with van der Waals surface area (Å²) in [5.41, 5.74) is 3.29. The van der Waals surface area contributed by atoms with E-state index in [1.807, 2.05) is 4.81 Å². The number of amides is 1. The van der Waals surface area contributed by atoms with Crippen molar-refractivity contribution < 1.29 is 14.7 Å². The first-order valence-corrected chi connectivity index (χ1v) is 10.8. The number of hydrogen-bond acceptors (Lipinski definition) is 6. The molecule has 1 amide bonds. The number of hydrogen-bond donors (Lipinski definition) is 2. The Morgan fingerprint density at radius 1 is 1.21 bits per heavy atom. The average Bonchev–Trinajstić information content (AvgIpc) is 2.68. The van der Waals surface area contributed by atoms with E-state index in [1.165, 1.54) is 20.3 Å². The predicted molar refractivity (Wildman–Crippen MR) is 111 cm³/mol. The van der Waals surface area contributed by atoms with Crippen molar-refractivity contribution in [3.05, 3.63) is 11.6 Å². The van der Waals surface area contributed by atoms with Gasteiger partial charge in [0.25, 0.3) is 0 Å². The fourth-order valence-electron chi connectivity index (χ4n) is 4.90. The second-order valence-corrected chi connectivity index (χ2v) is 8.82. The van der Waals surface area contributed by atoms with Crippen LogP contribution >= 0.6 is 0 Å². The van der Waals surface area contributed by atoms with Gasteiger partial charge in [-0.2, -0.15) is 0 Å². The normalized spacial score (nSPS) is 33.4. The number of carbonyl (C=O) groups excluding carboxylic acids is 1. The lowest BCUT2D eigenvalue weighted by atomic mass is 9.82. The lowest BCUT2D eigenvalue weighted by Gasteiger charge is -2.46. The summed E-state index contributed by atoms with van der Waals surface area (Å²) in [6.07, 6.45) is 5.08. The molecule has 2 N–H and O–H groups in total. The molecule has 4 atom stereocenters. The van der Waals surface area contributed by atoms with Crippen LogP contribution < -0.4 is 5.48 Å². The first-order chi connectivity index (χ1) is 13.5. The molecule has 2 fully saturated rings. The van der Waals surface area contributed by atoms with Crippen LogP contribution in [-0.4, -0.2) is 97.6 Å². The van der Waals surface area contributed by atoms with Crippen molar-refractivity contribution in [3.8, 4) is 0 Å². The van der Waals surface area contributed by atoms with Crippen LogP contribution in [0.5, 0.6) is 0 Å². The SMILES string of the molecule is CC1CCC(CN2[C@H](C)CN([B]C(=O)NO)C[C@@H]2C)C=C1CN1CCOCC1. The largest absolute Gasteiger partial charge is 0.379 e. The maximum Gasteiger partial charge on any atom is 0.331 e. The number of rotatable bonds is 6. The van der Waals surface area contributed by atoms with Gasteiger partial charge in [0.05, 0.1) is 13.2 Å². The molecular weight excluding hydrogens is 355 g/mol. The average molecular weight is 391 g/mol. The van der Waals surface area contributed by atoms with E-state index in [9.17, 15) is 4.79 Å². The van der Waals surface area contributed by atoms with E-state index in [4.69, 9.17) is 9.94 Å². The molecule has 7 nitrogen and oxygen atoms in total. The Labute approximate surface area is 170 Å². The molecule has 2 saturated heterocycles. The molecule has 2 unspecified atom stereocenters. The Bertz CT molecular complexity index is 544. The molecule has 0 spiro atoms. The van der Waals surface area contributed by atoms with Crippen LogP contribution in [0.4, 0.5) is 4.79 Å². The Morgan fingerprint density at radius 2 is 1.89 bits per heavy atom. The molecule has 1 aliphatic carbocycles. The molecular formula is C20H36BN4O3. The zero-order valence-electron chi connectivity index (χ0n) is 17.6. The molecule has 8 heteroatoms. The van der Waals surface area contributed by atoms with Crippen LogP contribution in [0.2, 0.25) is 0 Å². The van der Waals surface area contributed by atoms with Gasteiger partial charge in [-0.25, -0.2) is 5.48 Å². The second-order valence-electron chi connectivity index (χ2n) is 8.82. The van der Waals surface area contributed by atoms with Gasteiger partial charge in [-0.3, -0.25) is 19.8 Å². The van der Waals surface area contributed by atoms with Crippen LogP contribution in [0.15, 0.2) is 11.6 Å². The molecule has 0 aromatic rings. The van der Waals surface area contributed by atoms with Crippen molar-refractivity contribution >= 4 is 13.2 Å². The van der Waals surface area contributed by atoms with Crippen LogP contribution in [0.1, 0.15) is 33.6 Å². The number of nitrogens with zero attached hydrogens (tertiary/aromatic N) is 3. The number of carbonyl (C=O) groups is 1. The summed E-state index contributed by atoms with van der Waals surface area (Å²) >= 11 is 0. The number of nitrogens with one attached hydrogen (secondary N) is 1. The molecule has 3 aliphatic rings. The van der Waals surface area contributed by atoms with Crippen LogP contribution in [0, 0.1) is 11.8 Å². The van der Waals surface area contributed by atoms with Gasteiger partial charge in [-0.15, -0.1) is 0 Å². The minimum absolute atomic E-state index is 0.377. The summed E-state index contributed by atoms with van der Waals surface area (Å²) in [5, 5.41) is 8.74. The van der Waals surface area contributed by atoms with Gasteiger partial charge in [0.2, 0.25) is 5.81 Å². The van der Waals surface area contributed by atoms with Gasteiger partial charge in [-0.1, -0.05) is 18.6 Å². The maximum absolute atomic E-state index is 11.4. The molecule has 3 rings (SSSR count). The number of morpholine rings is 1. The Balaban J connectivity index is 1.56. The van der Waals surface area contributed by atoms with E-state index < -0.39 is 5.81 Å².